The van der Waals surface area contributed by atoms with Gasteiger partial charge in [0.2, 0.25) is 11.8 Å². The van der Waals surface area contributed by atoms with Gasteiger partial charge >= 0.3 is 0 Å². The van der Waals surface area contributed by atoms with E-state index in [2.05, 4.69) is 15.4 Å². The highest BCUT2D eigenvalue weighted by molar-refractivity contribution is 6.32. The molecule has 30 heavy (non-hydrogen) atoms. The molecule has 1 aliphatic heterocycles. The lowest BCUT2D eigenvalue weighted by atomic mass is 10.1. The minimum Gasteiger partial charge on any atom is -0.495 e. The highest BCUT2D eigenvalue weighted by atomic mass is 35.5. The van der Waals surface area contributed by atoms with Crippen molar-refractivity contribution in [1.82, 2.24) is 14.8 Å². The molecule has 2 aromatic carbocycles. The molecule has 0 radical (unpaired) electrons. The Hall–Kier alpha value is -3.39. The lowest BCUT2D eigenvalue weighted by Crippen LogP contribution is -2.28. The number of hydrogen-bond acceptors (Lipinski definition) is 5. The maximum Gasteiger partial charge on any atom is 0.229 e. The number of methoxy groups -OCH3 is 1. The lowest BCUT2D eigenvalue weighted by Gasteiger charge is -2.18. The molecule has 1 N–H and O–H groups in total. The second kappa shape index (κ2) is 8.54. The minimum absolute atomic E-state index is 0.112. The Morgan fingerprint density at radius 1 is 1.27 bits per heavy atom. The zero-order valence-corrected chi connectivity index (χ0v) is 17.0. The van der Waals surface area contributed by atoms with Gasteiger partial charge in [0.05, 0.1) is 24.6 Å². The average Bonchev–Trinajstić information content (AvgIpc) is 3.39. The van der Waals surface area contributed by atoms with Gasteiger partial charge in [0.1, 0.15) is 18.4 Å². The number of carbonyl (C=O) groups excluding carboxylic acids is 2. The molecule has 2 heterocycles. The molecule has 0 spiro atoms. The molecule has 0 bridgehead atoms. The van der Waals surface area contributed by atoms with Crippen LogP contribution in [0, 0.1) is 5.92 Å². The van der Waals surface area contributed by atoms with Gasteiger partial charge in [0.15, 0.2) is 0 Å². The number of nitrogens with one attached hydrogen (secondary N) is 1. The molecule has 9 heteroatoms. The Labute approximate surface area is 178 Å². The van der Waals surface area contributed by atoms with E-state index >= 15 is 0 Å². The zero-order chi connectivity index (χ0) is 21.1. The first-order valence-corrected chi connectivity index (χ1v) is 9.77. The Kier molecular flexibility index (Phi) is 5.67. The molecule has 1 aliphatic rings. The van der Waals surface area contributed by atoms with Crippen LogP contribution in [0.5, 0.6) is 5.75 Å². The second-order valence-corrected chi connectivity index (χ2v) is 7.41. The van der Waals surface area contributed by atoms with Gasteiger partial charge in [0, 0.05) is 24.3 Å². The first-order chi connectivity index (χ1) is 14.5. The van der Waals surface area contributed by atoms with E-state index in [0.29, 0.717) is 35.2 Å². The summed E-state index contributed by atoms with van der Waals surface area (Å²) in [4.78, 5) is 30.6. The monoisotopic (exact) mass is 425 g/mol. The summed E-state index contributed by atoms with van der Waals surface area (Å²) in [6, 6.07) is 12.7. The summed E-state index contributed by atoms with van der Waals surface area (Å²) in [5.41, 5.74) is 2.37. The second-order valence-electron chi connectivity index (χ2n) is 7.00. The number of nitrogens with zero attached hydrogens (tertiary/aromatic N) is 4. The van der Waals surface area contributed by atoms with Crippen molar-refractivity contribution in [2.45, 2.75) is 13.0 Å². The van der Waals surface area contributed by atoms with Crippen LogP contribution < -0.4 is 15.0 Å². The molecule has 4 rings (SSSR count). The summed E-state index contributed by atoms with van der Waals surface area (Å²) in [5, 5.41) is 7.38. The van der Waals surface area contributed by atoms with Gasteiger partial charge in [-0.25, -0.2) is 9.67 Å². The topological polar surface area (TPSA) is 89.3 Å². The van der Waals surface area contributed by atoms with Crippen molar-refractivity contribution < 1.29 is 14.3 Å². The molecule has 1 saturated heterocycles. The number of hydrogen-bond donors (Lipinski definition) is 1. The smallest absolute Gasteiger partial charge is 0.229 e. The van der Waals surface area contributed by atoms with Gasteiger partial charge in [-0.05, 0) is 35.9 Å². The van der Waals surface area contributed by atoms with Crippen LogP contribution in [0.3, 0.4) is 0 Å². The van der Waals surface area contributed by atoms with Crippen molar-refractivity contribution in [1.29, 1.82) is 0 Å². The molecule has 0 aliphatic carbocycles. The standard InChI is InChI=1S/C21H20ClN5O3/c1-30-19-7-6-17(9-18(19)22)27-11-15(8-20(27)28)21(29)25-16-4-2-14(3-5-16)10-26-13-23-12-24-26/h2-7,9,12-13,15H,8,10-11H2,1H3,(H,25,29). The van der Waals surface area contributed by atoms with E-state index in [0.717, 1.165) is 5.56 Å². The van der Waals surface area contributed by atoms with Crippen LogP contribution in [-0.4, -0.2) is 40.2 Å². The summed E-state index contributed by atoms with van der Waals surface area (Å²) in [6.07, 6.45) is 3.29. The van der Waals surface area contributed by atoms with Crippen LogP contribution in [0.4, 0.5) is 11.4 Å². The third-order valence-electron chi connectivity index (χ3n) is 4.98. The maximum absolute atomic E-state index is 12.7. The van der Waals surface area contributed by atoms with E-state index in [1.165, 1.54) is 13.4 Å². The molecule has 1 unspecified atom stereocenters. The molecule has 1 aromatic heterocycles. The van der Waals surface area contributed by atoms with Gasteiger partial charge < -0.3 is 15.0 Å². The number of rotatable bonds is 6. The lowest BCUT2D eigenvalue weighted by molar-refractivity contribution is -0.122. The van der Waals surface area contributed by atoms with Gasteiger partial charge in [-0.3, -0.25) is 9.59 Å². The fourth-order valence-corrected chi connectivity index (χ4v) is 3.65. The number of ether oxygens (including phenoxy) is 1. The van der Waals surface area contributed by atoms with Gasteiger partial charge in [-0.2, -0.15) is 5.10 Å². The predicted octanol–water partition coefficient (Wildman–Crippen LogP) is 2.98. The maximum atomic E-state index is 12.7. The molecule has 8 nitrogen and oxygen atoms in total. The number of anilines is 2. The molecular formula is C21H20ClN5O3. The average molecular weight is 426 g/mol. The molecular weight excluding hydrogens is 406 g/mol. The number of halogens is 1. The molecule has 0 saturated carbocycles. The highest BCUT2D eigenvalue weighted by Gasteiger charge is 2.35. The fourth-order valence-electron chi connectivity index (χ4n) is 3.40. The minimum atomic E-state index is -0.437. The highest BCUT2D eigenvalue weighted by Crippen LogP contribution is 2.32. The fraction of sp³-hybridized carbons (Fsp3) is 0.238. The number of amides is 2. The summed E-state index contributed by atoms with van der Waals surface area (Å²) in [7, 11) is 1.53. The first kappa shape index (κ1) is 19.9. The summed E-state index contributed by atoms with van der Waals surface area (Å²) < 4.78 is 6.87. The van der Waals surface area contributed by atoms with E-state index in [4.69, 9.17) is 16.3 Å². The summed E-state index contributed by atoms with van der Waals surface area (Å²) >= 11 is 6.17. The van der Waals surface area contributed by atoms with E-state index in [-0.39, 0.29) is 18.2 Å². The van der Waals surface area contributed by atoms with Gasteiger partial charge in [-0.15, -0.1) is 0 Å². The van der Waals surface area contributed by atoms with Crippen LogP contribution >= 0.6 is 11.6 Å². The normalized spacial score (nSPS) is 16.0. The third kappa shape index (κ3) is 4.28. The van der Waals surface area contributed by atoms with E-state index in [9.17, 15) is 9.59 Å². The van der Waals surface area contributed by atoms with Crippen molar-refractivity contribution in [2.24, 2.45) is 5.92 Å². The van der Waals surface area contributed by atoms with E-state index in [1.807, 2.05) is 24.3 Å². The van der Waals surface area contributed by atoms with Crippen LogP contribution in [0.25, 0.3) is 0 Å². The predicted molar refractivity (Wildman–Crippen MR) is 113 cm³/mol. The molecule has 2 amide bonds. The van der Waals surface area contributed by atoms with E-state index in [1.54, 1.807) is 34.1 Å². The van der Waals surface area contributed by atoms with Crippen molar-refractivity contribution in [2.75, 3.05) is 23.9 Å². The van der Waals surface area contributed by atoms with Crippen LogP contribution in [0.15, 0.2) is 55.1 Å². The van der Waals surface area contributed by atoms with Crippen LogP contribution in [-0.2, 0) is 16.1 Å². The number of aromatic nitrogens is 3. The molecule has 154 valence electrons. The Bertz CT molecular complexity index is 1050. The summed E-state index contributed by atoms with van der Waals surface area (Å²) in [5.74, 6) is -0.198. The number of carbonyl (C=O) groups is 2. The first-order valence-electron chi connectivity index (χ1n) is 9.39. The molecule has 1 atom stereocenters. The van der Waals surface area contributed by atoms with Crippen molar-refractivity contribution >= 4 is 34.8 Å². The quantitative estimate of drug-likeness (QED) is 0.655. The summed E-state index contributed by atoms with van der Waals surface area (Å²) in [6.45, 7) is 0.905. The largest absolute Gasteiger partial charge is 0.495 e. The molecule has 3 aromatic rings. The van der Waals surface area contributed by atoms with Crippen molar-refractivity contribution in [3.63, 3.8) is 0 Å². The Morgan fingerprint density at radius 3 is 2.73 bits per heavy atom. The van der Waals surface area contributed by atoms with Crippen molar-refractivity contribution in [3.05, 3.63) is 65.7 Å². The SMILES string of the molecule is COc1ccc(N2CC(C(=O)Nc3ccc(Cn4cncn4)cc3)CC2=O)cc1Cl. The van der Waals surface area contributed by atoms with Crippen LogP contribution in [0.1, 0.15) is 12.0 Å². The van der Waals surface area contributed by atoms with E-state index < -0.39 is 5.92 Å². The Morgan fingerprint density at radius 2 is 2.07 bits per heavy atom. The zero-order valence-electron chi connectivity index (χ0n) is 16.3. The van der Waals surface area contributed by atoms with Crippen LogP contribution in [0.2, 0.25) is 5.02 Å². The van der Waals surface area contributed by atoms with Gasteiger partial charge in [0.25, 0.3) is 0 Å². The van der Waals surface area contributed by atoms with Crippen molar-refractivity contribution in [3.8, 4) is 5.75 Å². The number of benzene rings is 2. The Balaban J connectivity index is 1.38. The third-order valence-corrected chi connectivity index (χ3v) is 5.27. The molecule has 1 fully saturated rings. The van der Waals surface area contributed by atoms with Gasteiger partial charge in [-0.1, -0.05) is 23.7 Å².